The van der Waals surface area contributed by atoms with Gasteiger partial charge in [0.15, 0.2) is 5.76 Å². The number of oxazole rings is 1. The molecule has 2 aliphatic heterocycles. The number of aromatic nitrogens is 1. The number of hydrogen-bond acceptors (Lipinski definition) is 5. The van der Waals surface area contributed by atoms with Crippen LogP contribution >= 0.6 is 0 Å². The fourth-order valence-corrected chi connectivity index (χ4v) is 3.57. The van der Waals surface area contributed by atoms with Crippen LogP contribution < -0.4 is 11.1 Å². The quantitative estimate of drug-likeness (QED) is 0.844. The van der Waals surface area contributed by atoms with E-state index in [9.17, 15) is 4.79 Å². The Morgan fingerprint density at radius 3 is 2.91 bits per heavy atom. The highest BCUT2D eigenvalue weighted by Gasteiger charge is 2.33. The van der Waals surface area contributed by atoms with Crippen LogP contribution in [0.2, 0.25) is 0 Å². The van der Waals surface area contributed by atoms with Crippen LogP contribution in [-0.2, 0) is 0 Å². The number of anilines is 1. The lowest BCUT2D eigenvalue weighted by atomic mass is 9.97. The average molecular weight is 312 g/mol. The van der Waals surface area contributed by atoms with Gasteiger partial charge in [-0.3, -0.25) is 4.79 Å². The zero-order chi connectivity index (χ0) is 15.8. The average Bonchev–Trinajstić information content (AvgIpc) is 3.15. The van der Waals surface area contributed by atoms with Gasteiger partial charge in [0, 0.05) is 30.4 Å². The summed E-state index contributed by atoms with van der Waals surface area (Å²) in [6, 6.07) is 7.48. The van der Waals surface area contributed by atoms with E-state index in [-0.39, 0.29) is 17.8 Å². The van der Waals surface area contributed by atoms with Crippen molar-refractivity contribution in [2.24, 2.45) is 5.92 Å². The number of carbonyl (C=O) groups excluding carboxylic acids is 1. The van der Waals surface area contributed by atoms with Crippen molar-refractivity contribution in [2.75, 3.05) is 25.4 Å². The second kappa shape index (κ2) is 5.70. The van der Waals surface area contributed by atoms with Crippen molar-refractivity contribution >= 4 is 11.6 Å². The van der Waals surface area contributed by atoms with Gasteiger partial charge >= 0.3 is 5.91 Å². The molecule has 3 heterocycles. The summed E-state index contributed by atoms with van der Waals surface area (Å²) in [7, 11) is 0. The van der Waals surface area contributed by atoms with E-state index < -0.39 is 0 Å². The molecule has 0 aliphatic carbocycles. The van der Waals surface area contributed by atoms with Crippen molar-refractivity contribution in [3.8, 4) is 11.3 Å². The standard InChI is InChI=1S/C17H20N4O2/c18-13-3-1-12(2-4-13)15-8-19-17(23-15)16(22)20-14-7-11-5-6-21(9-11)10-14/h1-4,8,11,14H,5-7,9-10,18H2,(H,20,22)/t11-,14+/m1/s1. The lowest BCUT2D eigenvalue weighted by molar-refractivity contribution is 0.0875. The third kappa shape index (κ3) is 2.94. The second-order valence-electron chi connectivity index (χ2n) is 6.47. The second-order valence-corrected chi connectivity index (χ2v) is 6.47. The Morgan fingerprint density at radius 1 is 1.30 bits per heavy atom. The van der Waals surface area contributed by atoms with Crippen LogP contribution in [0.5, 0.6) is 0 Å². The fourth-order valence-electron chi connectivity index (χ4n) is 3.57. The monoisotopic (exact) mass is 312 g/mol. The molecule has 2 fully saturated rings. The molecule has 2 aliphatic rings. The van der Waals surface area contributed by atoms with Gasteiger partial charge in [0.2, 0.25) is 0 Å². The summed E-state index contributed by atoms with van der Waals surface area (Å²) in [6.07, 6.45) is 3.87. The Bertz CT molecular complexity index is 698. The normalized spacial score (nSPS) is 26.2. The van der Waals surface area contributed by atoms with E-state index in [2.05, 4.69) is 15.2 Å². The van der Waals surface area contributed by atoms with Crippen LogP contribution in [0.4, 0.5) is 5.69 Å². The van der Waals surface area contributed by atoms with E-state index in [4.69, 9.17) is 10.2 Å². The third-order valence-electron chi connectivity index (χ3n) is 4.70. The lowest BCUT2D eigenvalue weighted by Gasteiger charge is -2.30. The molecule has 1 aromatic carbocycles. The predicted octanol–water partition coefficient (Wildman–Crippen LogP) is 1.75. The number of nitrogen functional groups attached to an aromatic ring is 1. The SMILES string of the molecule is Nc1ccc(-c2cnc(C(=O)N[C@H]3C[C@H]4CCN(C4)C3)o2)cc1. The van der Waals surface area contributed by atoms with Gasteiger partial charge in [0.1, 0.15) is 0 Å². The largest absolute Gasteiger partial charge is 0.432 e. The number of benzene rings is 1. The van der Waals surface area contributed by atoms with E-state index in [1.807, 2.05) is 12.1 Å². The van der Waals surface area contributed by atoms with Crippen molar-refractivity contribution in [3.63, 3.8) is 0 Å². The van der Waals surface area contributed by atoms with Gasteiger partial charge in [-0.2, -0.15) is 0 Å². The maximum atomic E-state index is 12.3. The Morgan fingerprint density at radius 2 is 2.13 bits per heavy atom. The van der Waals surface area contributed by atoms with E-state index >= 15 is 0 Å². The van der Waals surface area contributed by atoms with Crippen molar-refractivity contribution in [3.05, 3.63) is 36.4 Å². The van der Waals surface area contributed by atoms with Crippen molar-refractivity contribution in [1.29, 1.82) is 0 Å². The maximum absolute atomic E-state index is 12.3. The Kier molecular flexibility index (Phi) is 3.53. The molecule has 2 aromatic rings. The molecule has 2 saturated heterocycles. The van der Waals surface area contributed by atoms with Gasteiger partial charge in [-0.25, -0.2) is 4.98 Å². The summed E-state index contributed by atoms with van der Waals surface area (Å²) in [4.78, 5) is 18.9. The number of nitrogens with zero attached hydrogens (tertiary/aromatic N) is 2. The van der Waals surface area contributed by atoms with Crippen molar-refractivity contribution in [1.82, 2.24) is 15.2 Å². The van der Waals surface area contributed by atoms with Gasteiger partial charge in [-0.05, 0) is 49.6 Å². The number of amides is 1. The third-order valence-corrected chi connectivity index (χ3v) is 4.70. The van der Waals surface area contributed by atoms with Gasteiger partial charge in [0.05, 0.1) is 6.20 Å². The summed E-state index contributed by atoms with van der Waals surface area (Å²) >= 11 is 0. The first-order valence-corrected chi connectivity index (χ1v) is 8.02. The highest BCUT2D eigenvalue weighted by molar-refractivity contribution is 5.90. The molecule has 23 heavy (non-hydrogen) atoms. The Balaban J connectivity index is 1.44. The first kappa shape index (κ1) is 14.3. The molecule has 2 bridgehead atoms. The number of rotatable bonds is 3. The minimum Gasteiger partial charge on any atom is -0.432 e. The molecular weight excluding hydrogens is 292 g/mol. The number of nitrogens with two attached hydrogens (primary N) is 1. The molecule has 4 rings (SSSR count). The molecule has 1 aromatic heterocycles. The van der Waals surface area contributed by atoms with Crippen LogP contribution in [0, 0.1) is 5.92 Å². The topological polar surface area (TPSA) is 84.4 Å². The summed E-state index contributed by atoms with van der Waals surface area (Å²) < 4.78 is 5.60. The van der Waals surface area contributed by atoms with E-state index in [1.165, 1.54) is 13.0 Å². The van der Waals surface area contributed by atoms with Crippen LogP contribution in [-0.4, -0.2) is 41.5 Å². The van der Waals surface area contributed by atoms with E-state index in [0.29, 0.717) is 17.4 Å². The number of piperidine rings is 1. The van der Waals surface area contributed by atoms with Gasteiger partial charge in [-0.1, -0.05) is 0 Å². The molecule has 120 valence electrons. The fraction of sp³-hybridized carbons (Fsp3) is 0.412. The van der Waals surface area contributed by atoms with Gasteiger partial charge in [-0.15, -0.1) is 0 Å². The highest BCUT2D eigenvalue weighted by Crippen LogP contribution is 2.27. The van der Waals surface area contributed by atoms with Gasteiger partial charge < -0.3 is 20.4 Å². The van der Waals surface area contributed by atoms with E-state index in [1.54, 1.807) is 18.3 Å². The minimum absolute atomic E-state index is 0.116. The van der Waals surface area contributed by atoms with Crippen LogP contribution in [0.3, 0.4) is 0 Å². The van der Waals surface area contributed by atoms with E-state index in [0.717, 1.165) is 25.1 Å². The molecule has 3 N–H and O–H groups in total. The van der Waals surface area contributed by atoms with Crippen LogP contribution in [0.25, 0.3) is 11.3 Å². The Hall–Kier alpha value is -2.34. The summed E-state index contributed by atoms with van der Waals surface area (Å²) in [5.74, 6) is 1.16. The molecule has 0 saturated carbocycles. The summed E-state index contributed by atoms with van der Waals surface area (Å²) in [5.41, 5.74) is 7.22. The molecule has 0 spiro atoms. The molecule has 6 nitrogen and oxygen atoms in total. The number of carbonyl (C=O) groups is 1. The van der Waals surface area contributed by atoms with Gasteiger partial charge in [0.25, 0.3) is 5.89 Å². The van der Waals surface area contributed by atoms with Crippen LogP contribution in [0.1, 0.15) is 23.5 Å². The first-order chi connectivity index (χ1) is 11.2. The molecule has 1 unspecified atom stereocenters. The number of fused-ring (bicyclic) bond motifs is 2. The predicted molar refractivity (Wildman–Crippen MR) is 86.8 cm³/mol. The highest BCUT2D eigenvalue weighted by atomic mass is 16.4. The lowest BCUT2D eigenvalue weighted by Crippen LogP contribution is -2.47. The van der Waals surface area contributed by atoms with Crippen molar-refractivity contribution < 1.29 is 9.21 Å². The summed E-state index contributed by atoms with van der Waals surface area (Å²) in [6.45, 7) is 3.25. The smallest absolute Gasteiger partial charge is 0.307 e. The summed E-state index contributed by atoms with van der Waals surface area (Å²) in [5, 5.41) is 3.05. The van der Waals surface area contributed by atoms with Crippen molar-refractivity contribution in [2.45, 2.75) is 18.9 Å². The Labute approximate surface area is 134 Å². The van der Waals surface area contributed by atoms with Crippen LogP contribution in [0.15, 0.2) is 34.9 Å². The number of hydrogen-bond donors (Lipinski definition) is 2. The number of nitrogens with one attached hydrogen (secondary N) is 1. The molecule has 6 heteroatoms. The maximum Gasteiger partial charge on any atom is 0.307 e. The molecule has 1 amide bonds. The molecule has 3 atom stereocenters. The minimum atomic E-state index is -0.237. The zero-order valence-electron chi connectivity index (χ0n) is 12.9. The first-order valence-electron chi connectivity index (χ1n) is 8.02. The molecule has 0 radical (unpaired) electrons. The zero-order valence-corrected chi connectivity index (χ0v) is 12.9. The molecular formula is C17H20N4O2.